The Hall–Kier alpha value is -4.62. The van der Waals surface area contributed by atoms with Crippen molar-refractivity contribution in [2.24, 2.45) is 0 Å². The van der Waals surface area contributed by atoms with Gasteiger partial charge in [-0.15, -0.1) is 0 Å². The molecule has 0 N–H and O–H groups in total. The zero-order valence-corrected chi connectivity index (χ0v) is 23.3. The molecule has 14 heteroatoms. The molecular formula is C32H20F12O2. The Kier molecular flexibility index (Phi) is 9.97. The molecule has 0 aliphatic heterocycles. The Morgan fingerprint density at radius 3 is 1.74 bits per heavy atom. The molecule has 0 amide bonds. The lowest BCUT2D eigenvalue weighted by Gasteiger charge is -2.20. The lowest BCUT2D eigenvalue weighted by Crippen LogP contribution is -2.25. The minimum Gasteiger partial charge on any atom is -0.459 e. The van der Waals surface area contributed by atoms with E-state index >= 15 is 8.78 Å². The summed E-state index contributed by atoms with van der Waals surface area (Å²) in [6, 6.07) is 5.89. The summed E-state index contributed by atoms with van der Waals surface area (Å²) >= 11 is 0. The topological polar surface area (TPSA) is 18.5 Å². The van der Waals surface area contributed by atoms with E-state index < -0.39 is 87.3 Å². The Balaban J connectivity index is 1.62. The summed E-state index contributed by atoms with van der Waals surface area (Å²) in [5.41, 5.74) is -3.75. The first-order valence-electron chi connectivity index (χ1n) is 13.3. The van der Waals surface area contributed by atoms with Crippen LogP contribution in [0.2, 0.25) is 0 Å². The molecule has 0 aliphatic carbocycles. The predicted molar refractivity (Wildman–Crippen MR) is 142 cm³/mol. The molecule has 0 aliphatic rings. The number of halogens is 12. The molecule has 4 aromatic rings. The predicted octanol–water partition coefficient (Wildman–Crippen LogP) is 10.9. The van der Waals surface area contributed by atoms with Crippen molar-refractivity contribution in [2.75, 3.05) is 0 Å². The number of hydrogen-bond acceptors (Lipinski definition) is 2. The van der Waals surface area contributed by atoms with Gasteiger partial charge in [-0.25, -0.2) is 30.7 Å². The summed E-state index contributed by atoms with van der Waals surface area (Å²) in [5.74, 6) is -14.1. The van der Waals surface area contributed by atoms with Crippen molar-refractivity contribution in [1.82, 2.24) is 0 Å². The van der Waals surface area contributed by atoms with Gasteiger partial charge in [0.25, 0.3) is 0 Å². The van der Waals surface area contributed by atoms with Crippen LogP contribution in [-0.2, 0) is 12.5 Å². The number of rotatable bonds is 10. The van der Waals surface area contributed by atoms with E-state index in [-0.39, 0.29) is 41.7 Å². The van der Waals surface area contributed by atoms with Crippen molar-refractivity contribution in [3.8, 4) is 33.8 Å². The fourth-order valence-electron chi connectivity index (χ4n) is 4.42. The quantitative estimate of drug-likeness (QED) is 0.124. The second kappa shape index (κ2) is 13.4. The third-order valence-electron chi connectivity index (χ3n) is 6.49. The van der Waals surface area contributed by atoms with E-state index in [4.69, 9.17) is 0 Å². The van der Waals surface area contributed by atoms with Gasteiger partial charge in [-0.2, -0.15) is 22.0 Å². The number of ether oxygens (including phenoxy) is 2. The van der Waals surface area contributed by atoms with Crippen LogP contribution in [0.3, 0.4) is 0 Å². The van der Waals surface area contributed by atoms with E-state index in [9.17, 15) is 43.9 Å². The SMILES string of the molecule is CCCCc1ccc(-c2cc(F)c(-c3cc(F)c(C(F)(F)Oc4cc(F)c(O/C=C/C(F)(F)F)c(F)c4)c(F)c3)c(F)c2)c(F)c1. The fourth-order valence-corrected chi connectivity index (χ4v) is 4.42. The lowest BCUT2D eigenvalue weighted by molar-refractivity contribution is -0.189. The van der Waals surface area contributed by atoms with E-state index in [1.165, 1.54) is 12.1 Å². The van der Waals surface area contributed by atoms with E-state index in [2.05, 4.69) is 9.47 Å². The van der Waals surface area contributed by atoms with Crippen LogP contribution < -0.4 is 9.47 Å². The first kappa shape index (κ1) is 34.3. The van der Waals surface area contributed by atoms with E-state index in [1.54, 1.807) is 6.07 Å². The second-order valence-electron chi connectivity index (χ2n) is 9.84. The molecule has 0 heterocycles. The number of hydrogen-bond donors (Lipinski definition) is 0. The summed E-state index contributed by atoms with van der Waals surface area (Å²) in [4.78, 5) is 0. The zero-order chi connectivity index (χ0) is 34.0. The summed E-state index contributed by atoms with van der Waals surface area (Å²) in [6.07, 6.45) is -8.29. The van der Waals surface area contributed by atoms with Gasteiger partial charge in [0.05, 0.1) is 17.9 Å². The lowest BCUT2D eigenvalue weighted by atomic mass is 9.96. The molecule has 0 unspecified atom stereocenters. The van der Waals surface area contributed by atoms with Gasteiger partial charge in [0, 0.05) is 17.7 Å². The van der Waals surface area contributed by atoms with Gasteiger partial charge in [0.1, 0.15) is 40.4 Å². The first-order valence-corrected chi connectivity index (χ1v) is 13.3. The molecule has 244 valence electrons. The van der Waals surface area contributed by atoms with Gasteiger partial charge in [0.15, 0.2) is 17.4 Å². The van der Waals surface area contributed by atoms with Crippen LogP contribution in [0.1, 0.15) is 30.9 Å². The van der Waals surface area contributed by atoms with Gasteiger partial charge < -0.3 is 9.47 Å². The summed E-state index contributed by atoms with van der Waals surface area (Å²) in [5, 5.41) is 0. The molecule has 0 aromatic heterocycles. The minimum absolute atomic E-state index is 0.0474. The number of alkyl halides is 5. The molecule has 0 fully saturated rings. The highest BCUT2D eigenvalue weighted by atomic mass is 19.4. The van der Waals surface area contributed by atoms with Crippen LogP contribution in [0, 0.1) is 40.7 Å². The molecule has 0 saturated carbocycles. The molecule has 2 nitrogen and oxygen atoms in total. The summed E-state index contributed by atoms with van der Waals surface area (Å²) in [6.45, 7) is 1.94. The maximum atomic E-state index is 15.1. The molecule has 4 aromatic carbocycles. The molecule has 0 atom stereocenters. The van der Waals surface area contributed by atoms with Crippen LogP contribution in [0.25, 0.3) is 22.3 Å². The normalized spacial score (nSPS) is 12.2. The minimum atomic E-state index is -4.98. The molecule has 0 saturated heterocycles. The Labute approximate surface area is 253 Å². The highest BCUT2D eigenvalue weighted by molar-refractivity contribution is 5.72. The van der Waals surface area contributed by atoms with Crippen molar-refractivity contribution >= 4 is 0 Å². The number of aryl methyl sites for hydroxylation is 1. The van der Waals surface area contributed by atoms with Crippen LogP contribution in [0.4, 0.5) is 52.7 Å². The maximum Gasteiger partial charge on any atom is 0.432 e. The van der Waals surface area contributed by atoms with E-state index in [0.717, 1.165) is 12.8 Å². The van der Waals surface area contributed by atoms with Gasteiger partial charge >= 0.3 is 12.3 Å². The third kappa shape index (κ3) is 7.77. The highest BCUT2D eigenvalue weighted by Gasteiger charge is 2.42. The average Bonchev–Trinajstić information content (AvgIpc) is 2.91. The van der Waals surface area contributed by atoms with E-state index in [0.29, 0.717) is 24.1 Å². The molecule has 46 heavy (non-hydrogen) atoms. The molecule has 0 radical (unpaired) electrons. The Morgan fingerprint density at radius 1 is 0.652 bits per heavy atom. The van der Waals surface area contributed by atoms with Crippen molar-refractivity contribution < 1.29 is 62.2 Å². The van der Waals surface area contributed by atoms with Crippen molar-refractivity contribution in [2.45, 2.75) is 38.5 Å². The van der Waals surface area contributed by atoms with Crippen LogP contribution in [0.5, 0.6) is 11.5 Å². The summed E-state index contributed by atoms with van der Waals surface area (Å²) in [7, 11) is 0. The van der Waals surface area contributed by atoms with Gasteiger partial charge in [-0.1, -0.05) is 25.5 Å². The third-order valence-corrected chi connectivity index (χ3v) is 6.49. The molecule has 0 spiro atoms. The van der Waals surface area contributed by atoms with Crippen molar-refractivity contribution in [1.29, 1.82) is 0 Å². The Morgan fingerprint density at radius 2 is 1.22 bits per heavy atom. The number of benzene rings is 4. The van der Waals surface area contributed by atoms with Crippen LogP contribution in [-0.4, -0.2) is 6.18 Å². The van der Waals surface area contributed by atoms with Crippen LogP contribution in [0.15, 0.2) is 66.9 Å². The number of allylic oxidation sites excluding steroid dienone is 1. The van der Waals surface area contributed by atoms with Gasteiger partial charge in [-0.3, -0.25) is 0 Å². The van der Waals surface area contributed by atoms with E-state index in [1.807, 2.05) is 6.92 Å². The zero-order valence-electron chi connectivity index (χ0n) is 23.3. The second-order valence-corrected chi connectivity index (χ2v) is 9.84. The Bertz CT molecular complexity index is 1710. The first-order chi connectivity index (χ1) is 21.5. The maximum absolute atomic E-state index is 15.1. The standard InChI is InChI=1S/C32H20F12O2/c1-2-3-4-16-5-6-20(21(33)9-16)17-10-22(34)28(23(35)11-17)18-12-24(36)29(25(37)13-18)32(43,44)46-19-14-26(38)30(27(39)15-19)45-8-7-31(40,41)42/h5-15H,2-4H2,1H3/b8-7+. The summed E-state index contributed by atoms with van der Waals surface area (Å²) < 4.78 is 177. The van der Waals surface area contributed by atoms with Crippen molar-refractivity contribution in [3.63, 3.8) is 0 Å². The number of unbranched alkanes of at least 4 members (excludes halogenated alkanes) is 1. The fraction of sp³-hybridized carbons (Fsp3) is 0.188. The average molecular weight is 664 g/mol. The molecule has 0 bridgehead atoms. The van der Waals surface area contributed by atoms with Crippen molar-refractivity contribution in [3.05, 3.63) is 119 Å². The monoisotopic (exact) mass is 664 g/mol. The largest absolute Gasteiger partial charge is 0.459 e. The smallest absolute Gasteiger partial charge is 0.432 e. The van der Waals surface area contributed by atoms with Crippen LogP contribution >= 0.6 is 0 Å². The molecular weight excluding hydrogens is 644 g/mol. The van der Waals surface area contributed by atoms with Gasteiger partial charge in [-0.05, 0) is 59.9 Å². The highest BCUT2D eigenvalue weighted by Crippen LogP contribution is 2.40. The molecule has 4 rings (SSSR count). The van der Waals surface area contributed by atoms with Gasteiger partial charge in [0.2, 0.25) is 0 Å².